The number of hydrogen-bond donors (Lipinski definition) is 1. The Hall–Kier alpha value is -1.80. The third-order valence-corrected chi connectivity index (χ3v) is 5.61. The molecule has 1 aromatic rings. The third-order valence-electron chi connectivity index (χ3n) is 5.61. The van der Waals surface area contributed by atoms with Crippen molar-refractivity contribution in [2.24, 2.45) is 5.41 Å². The third kappa shape index (κ3) is 4.48. The lowest BCUT2D eigenvalue weighted by atomic mass is 9.71. The van der Waals surface area contributed by atoms with Crippen LogP contribution in [0.25, 0.3) is 0 Å². The van der Waals surface area contributed by atoms with E-state index in [4.69, 9.17) is 0 Å². The number of amides is 1. The van der Waals surface area contributed by atoms with Crippen molar-refractivity contribution in [3.63, 3.8) is 0 Å². The highest BCUT2D eigenvalue weighted by molar-refractivity contribution is 5.76. The lowest BCUT2D eigenvalue weighted by Crippen LogP contribution is -2.60. The maximum atomic E-state index is 12.6. The van der Waals surface area contributed by atoms with Gasteiger partial charge in [-0.25, -0.2) is 4.68 Å². The van der Waals surface area contributed by atoms with Crippen molar-refractivity contribution in [2.45, 2.75) is 52.2 Å². The van der Waals surface area contributed by atoms with Crippen LogP contribution in [0.3, 0.4) is 0 Å². The van der Waals surface area contributed by atoms with Gasteiger partial charge in [0.1, 0.15) is 12.9 Å². The standard InChI is InChI=1S/C18H30N6O2/c1-15(2)5-3-8-22-10-6-16(25)18(12-22)7-4-9-23(13-18)17(26)11-24-14-19-20-21-24/h5,14,16,25H,3-4,6-13H2,1-2H3/t16?,18-/m1/s1. The zero-order valence-electron chi connectivity index (χ0n) is 15.8. The average molecular weight is 362 g/mol. The Labute approximate surface area is 154 Å². The van der Waals surface area contributed by atoms with Gasteiger partial charge in [-0.1, -0.05) is 11.6 Å². The van der Waals surface area contributed by atoms with Gasteiger partial charge in [-0.15, -0.1) is 5.10 Å². The van der Waals surface area contributed by atoms with Gasteiger partial charge in [0.15, 0.2) is 0 Å². The van der Waals surface area contributed by atoms with Gasteiger partial charge in [-0.05, 0) is 50.0 Å². The molecule has 0 radical (unpaired) electrons. The van der Waals surface area contributed by atoms with E-state index in [0.717, 1.165) is 51.9 Å². The molecular formula is C18H30N6O2. The molecule has 2 atom stereocenters. The monoisotopic (exact) mass is 362 g/mol. The first kappa shape index (κ1) is 19.0. The SMILES string of the molecule is CC(C)=CCCN1CCC(O)[C@]2(CCCN(C(=O)Cn3cnnn3)C2)C1. The number of rotatable bonds is 5. The van der Waals surface area contributed by atoms with E-state index in [1.807, 2.05) is 4.90 Å². The molecule has 2 aliphatic heterocycles. The van der Waals surface area contributed by atoms with Crippen LogP contribution in [0.5, 0.6) is 0 Å². The summed E-state index contributed by atoms with van der Waals surface area (Å²) >= 11 is 0. The maximum absolute atomic E-state index is 12.6. The Morgan fingerprint density at radius 3 is 2.92 bits per heavy atom. The molecule has 8 nitrogen and oxygen atoms in total. The van der Waals surface area contributed by atoms with E-state index >= 15 is 0 Å². The van der Waals surface area contributed by atoms with Crippen LogP contribution in [0.4, 0.5) is 0 Å². The summed E-state index contributed by atoms with van der Waals surface area (Å²) in [5.41, 5.74) is 1.13. The predicted molar refractivity (Wildman–Crippen MR) is 97.2 cm³/mol. The molecular weight excluding hydrogens is 332 g/mol. The molecule has 0 saturated carbocycles. The van der Waals surface area contributed by atoms with Gasteiger partial charge in [0.25, 0.3) is 0 Å². The Kier molecular flexibility index (Phi) is 6.03. The molecule has 2 saturated heterocycles. The summed E-state index contributed by atoms with van der Waals surface area (Å²) in [6, 6.07) is 0. The lowest BCUT2D eigenvalue weighted by Gasteiger charge is -2.51. The van der Waals surface area contributed by atoms with E-state index in [1.165, 1.54) is 16.6 Å². The zero-order valence-corrected chi connectivity index (χ0v) is 15.8. The summed E-state index contributed by atoms with van der Waals surface area (Å²) < 4.78 is 1.45. The summed E-state index contributed by atoms with van der Waals surface area (Å²) in [7, 11) is 0. The number of aliphatic hydroxyl groups is 1. The summed E-state index contributed by atoms with van der Waals surface area (Å²) in [5.74, 6) is 0.0187. The quantitative estimate of drug-likeness (QED) is 0.776. The molecule has 144 valence electrons. The number of carbonyl (C=O) groups excluding carboxylic acids is 1. The summed E-state index contributed by atoms with van der Waals surface area (Å²) in [5, 5.41) is 21.7. The molecule has 0 bridgehead atoms. The van der Waals surface area contributed by atoms with E-state index in [2.05, 4.69) is 40.3 Å². The lowest BCUT2D eigenvalue weighted by molar-refractivity contribution is -0.142. The minimum Gasteiger partial charge on any atom is -0.392 e. The molecule has 1 spiro atoms. The van der Waals surface area contributed by atoms with Crippen molar-refractivity contribution in [3.8, 4) is 0 Å². The second kappa shape index (κ2) is 8.26. The van der Waals surface area contributed by atoms with Crippen LogP contribution >= 0.6 is 0 Å². The van der Waals surface area contributed by atoms with Crippen LogP contribution in [-0.4, -0.2) is 79.8 Å². The first-order valence-corrected chi connectivity index (χ1v) is 9.51. The summed E-state index contributed by atoms with van der Waals surface area (Å²) in [6.07, 6.45) is 7.10. The smallest absolute Gasteiger partial charge is 0.244 e. The van der Waals surface area contributed by atoms with Crippen molar-refractivity contribution in [1.29, 1.82) is 0 Å². The van der Waals surface area contributed by atoms with Crippen LogP contribution in [0.1, 0.15) is 39.5 Å². The van der Waals surface area contributed by atoms with Crippen molar-refractivity contribution in [2.75, 3.05) is 32.7 Å². The van der Waals surface area contributed by atoms with E-state index in [9.17, 15) is 9.90 Å². The number of allylic oxidation sites excluding steroid dienone is 1. The van der Waals surface area contributed by atoms with E-state index in [-0.39, 0.29) is 24.0 Å². The number of nitrogens with zero attached hydrogens (tertiary/aromatic N) is 6. The Morgan fingerprint density at radius 2 is 2.19 bits per heavy atom. The molecule has 2 aliphatic rings. The van der Waals surface area contributed by atoms with E-state index < -0.39 is 0 Å². The Morgan fingerprint density at radius 1 is 1.35 bits per heavy atom. The van der Waals surface area contributed by atoms with Crippen molar-refractivity contribution >= 4 is 5.91 Å². The number of likely N-dealkylation sites (tertiary alicyclic amines) is 2. The van der Waals surface area contributed by atoms with Gasteiger partial charge in [-0.3, -0.25) is 4.79 Å². The maximum Gasteiger partial charge on any atom is 0.244 e. The molecule has 0 aromatic carbocycles. The predicted octanol–water partition coefficient (Wildman–Crippen LogP) is 0.705. The van der Waals surface area contributed by atoms with Crippen molar-refractivity contribution < 1.29 is 9.90 Å². The molecule has 26 heavy (non-hydrogen) atoms. The van der Waals surface area contributed by atoms with Gasteiger partial charge in [-0.2, -0.15) is 0 Å². The molecule has 1 N–H and O–H groups in total. The first-order valence-electron chi connectivity index (χ1n) is 9.51. The molecule has 1 aromatic heterocycles. The normalized spacial score (nSPS) is 26.9. The second-order valence-corrected chi connectivity index (χ2v) is 7.94. The zero-order chi connectivity index (χ0) is 18.6. The second-order valence-electron chi connectivity index (χ2n) is 7.94. The van der Waals surface area contributed by atoms with Crippen molar-refractivity contribution in [1.82, 2.24) is 30.0 Å². The Bertz CT molecular complexity index is 628. The molecule has 1 amide bonds. The van der Waals surface area contributed by atoms with Gasteiger partial charge in [0, 0.05) is 38.1 Å². The molecule has 3 heterocycles. The number of carbonyl (C=O) groups is 1. The molecule has 1 unspecified atom stereocenters. The van der Waals surface area contributed by atoms with Crippen molar-refractivity contribution in [3.05, 3.63) is 18.0 Å². The minimum atomic E-state index is -0.342. The summed E-state index contributed by atoms with van der Waals surface area (Å²) in [6.45, 7) is 8.56. The highest BCUT2D eigenvalue weighted by Gasteiger charge is 2.46. The van der Waals surface area contributed by atoms with Gasteiger partial charge in [0.2, 0.25) is 5.91 Å². The van der Waals surface area contributed by atoms with Crippen LogP contribution in [0.2, 0.25) is 0 Å². The molecule has 8 heteroatoms. The van der Waals surface area contributed by atoms with Gasteiger partial charge in [0.05, 0.1) is 6.10 Å². The fraction of sp³-hybridized carbons (Fsp3) is 0.778. The fourth-order valence-electron chi connectivity index (χ4n) is 4.23. The topological polar surface area (TPSA) is 87.4 Å². The highest BCUT2D eigenvalue weighted by atomic mass is 16.3. The molecule has 2 fully saturated rings. The fourth-order valence-corrected chi connectivity index (χ4v) is 4.23. The number of aromatic nitrogens is 4. The van der Waals surface area contributed by atoms with Crippen LogP contribution < -0.4 is 0 Å². The minimum absolute atomic E-state index is 0.0187. The number of hydrogen-bond acceptors (Lipinski definition) is 6. The number of aliphatic hydroxyl groups excluding tert-OH is 1. The van der Waals surface area contributed by atoms with E-state index in [0.29, 0.717) is 6.54 Å². The van der Waals surface area contributed by atoms with Crippen LogP contribution in [0.15, 0.2) is 18.0 Å². The molecule has 0 aliphatic carbocycles. The number of piperidine rings is 2. The average Bonchev–Trinajstić information content (AvgIpc) is 3.11. The largest absolute Gasteiger partial charge is 0.392 e. The summed E-state index contributed by atoms with van der Waals surface area (Å²) in [4.78, 5) is 17.0. The molecule has 3 rings (SSSR count). The van der Waals surface area contributed by atoms with Gasteiger partial charge < -0.3 is 14.9 Å². The van der Waals surface area contributed by atoms with Crippen LogP contribution in [0, 0.1) is 5.41 Å². The number of tetrazole rings is 1. The first-order chi connectivity index (χ1) is 12.5. The highest BCUT2D eigenvalue weighted by Crippen LogP contribution is 2.39. The van der Waals surface area contributed by atoms with E-state index in [1.54, 1.807) is 0 Å². The van der Waals surface area contributed by atoms with Crippen LogP contribution in [-0.2, 0) is 11.3 Å². The van der Waals surface area contributed by atoms with Gasteiger partial charge >= 0.3 is 0 Å². The Balaban J connectivity index is 1.62.